The standard InChI is InChI=1S/C5H6NS/c6-5-7-3-1-2-4-7/h1-3,5H,6H2. The Morgan fingerprint density at radius 2 is 2.57 bits per heavy atom. The van der Waals surface area contributed by atoms with Crippen LogP contribution in [0.25, 0.3) is 0 Å². The molecule has 0 aromatic rings. The molecule has 0 aliphatic carbocycles. The zero-order valence-corrected chi connectivity index (χ0v) is 4.61. The summed E-state index contributed by atoms with van der Waals surface area (Å²) in [7, 11) is 0.0324. The van der Waals surface area contributed by atoms with E-state index in [9.17, 15) is 0 Å². The summed E-state index contributed by atoms with van der Waals surface area (Å²) in [6, 6.07) is 0. The first-order valence-electron chi connectivity index (χ1n) is 1.96. The van der Waals surface area contributed by atoms with Crippen molar-refractivity contribution in [2.75, 3.05) is 0 Å². The monoisotopic (exact) mass is 112 g/mol. The summed E-state index contributed by atoms with van der Waals surface area (Å²) in [5.74, 6) is 0. The van der Waals surface area contributed by atoms with Gasteiger partial charge in [0.25, 0.3) is 0 Å². The van der Waals surface area contributed by atoms with E-state index in [4.69, 9.17) is 5.73 Å². The van der Waals surface area contributed by atoms with Gasteiger partial charge in [0.1, 0.15) is 0 Å². The second kappa shape index (κ2) is 2.09. The summed E-state index contributed by atoms with van der Waals surface area (Å²) >= 11 is 0. The lowest BCUT2D eigenvalue weighted by atomic mass is 10.6. The third-order valence-electron chi connectivity index (χ3n) is 0.672. The van der Waals surface area contributed by atoms with E-state index in [0.29, 0.717) is 0 Å². The fraction of sp³-hybridized carbons (Fsp3) is 0. The molecule has 1 heterocycles. The van der Waals surface area contributed by atoms with Gasteiger partial charge in [-0.05, 0) is 11.5 Å². The minimum absolute atomic E-state index is 0.0324. The highest BCUT2D eigenvalue weighted by atomic mass is 32.2. The molecule has 2 heteroatoms. The Kier molecular flexibility index (Phi) is 1.44. The van der Waals surface area contributed by atoms with E-state index in [0.717, 1.165) is 0 Å². The summed E-state index contributed by atoms with van der Waals surface area (Å²) in [6.45, 7) is 0. The maximum absolute atomic E-state index is 5.19. The van der Waals surface area contributed by atoms with Crippen LogP contribution in [0, 0.1) is 5.41 Å². The molecule has 0 aromatic carbocycles. The van der Waals surface area contributed by atoms with Gasteiger partial charge in [0.05, 0.1) is 0 Å². The Balaban J connectivity index is 2.79. The van der Waals surface area contributed by atoms with E-state index in [1.807, 2.05) is 17.6 Å². The van der Waals surface area contributed by atoms with Crippen LogP contribution in [0.5, 0.6) is 0 Å². The number of allylic oxidation sites excluding steroid dienone is 2. The average Bonchev–Trinajstić information content (AvgIpc) is 2.14. The van der Waals surface area contributed by atoms with Crippen molar-refractivity contribution < 1.29 is 0 Å². The van der Waals surface area contributed by atoms with Crippen LogP contribution >= 0.6 is 10.5 Å². The molecule has 1 unspecified atom stereocenters. The van der Waals surface area contributed by atoms with Gasteiger partial charge in [-0.3, -0.25) is 0 Å². The van der Waals surface area contributed by atoms with Crippen LogP contribution in [-0.2, 0) is 0 Å². The van der Waals surface area contributed by atoms with Crippen LogP contribution in [0.4, 0.5) is 0 Å². The van der Waals surface area contributed by atoms with Gasteiger partial charge in [-0.25, -0.2) is 0 Å². The van der Waals surface area contributed by atoms with E-state index in [2.05, 4.69) is 5.41 Å². The van der Waals surface area contributed by atoms with E-state index in [1.165, 1.54) is 0 Å². The van der Waals surface area contributed by atoms with Gasteiger partial charge in [0.15, 0.2) is 0 Å². The molecule has 1 rings (SSSR count). The quantitative estimate of drug-likeness (QED) is 0.461. The molecule has 0 saturated carbocycles. The Labute approximate surface area is 45.4 Å². The fourth-order valence-corrected chi connectivity index (χ4v) is 1.10. The highest BCUT2D eigenvalue weighted by Gasteiger charge is 1.83. The largest absolute Gasteiger partial charge is 0.304 e. The number of hydrogen-bond acceptors (Lipinski definition) is 0. The SMILES string of the molecule is NC=S1[C]=CC=C1. The minimum atomic E-state index is 0.0324. The molecule has 2 N–H and O–H groups in total. The van der Waals surface area contributed by atoms with Crippen LogP contribution in [0.2, 0.25) is 0 Å². The van der Waals surface area contributed by atoms with E-state index < -0.39 is 0 Å². The Hall–Kier alpha value is -0.340. The van der Waals surface area contributed by atoms with Gasteiger partial charge >= 0.3 is 0 Å². The zero-order chi connectivity index (χ0) is 5.11. The van der Waals surface area contributed by atoms with Gasteiger partial charge in [-0.15, -0.1) is 10.5 Å². The van der Waals surface area contributed by atoms with Crippen molar-refractivity contribution in [3.05, 3.63) is 23.0 Å². The third kappa shape index (κ3) is 1.01. The third-order valence-corrected chi connectivity index (χ3v) is 1.82. The second-order valence-electron chi connectivity index (χ2n) is 1.12. The zero-order valence-electron chi connectivity index (χ0n) is 3.79. The molecular weight excluding hydrogens is 106 g/mol. The van der Waals surface area contributed by atoms with Crippen molar-refractivity contribution in [2.45, 2.75) is 0 Å². The molecule has 0 amide bonds. The summed E-state index contributed by atoms with van der Waals surface area (Å²) in [6.07, 6.45) is 3.83. The molecule has 1 nitrogen and oxygen atoms in total. The highest BCUT2D eigenvalue weighted by Crippen LogP contribution is 2.17. The average molecular weight is 112 g/mol. The lowest BCUT2D eigenvalue weighted by Crippen LogP contribution is -1.85. The predicted molar refractivity (Wildman–Crippen MR) is 34.8 cm³/mol. The second-order valence-corrected chi connectivity index (χ2v) is 2.64. The predicted octanol–water partition coefficient (Wildman–Crippen LogP) is 0.818. The van der Waals surface area contributed by atoms with Gasteiger partial charge in [0, 0.05) is 10.9 Å². The van der Waals surface area contributed by atoms with E-state index >= 15 is 0 Å². The molecule has 0 fully saturated rings. The molecule has 1 radical (unpaired) electrons. The molecule has 0 bridgehead atoms. The Bertz CT molecular complexity index is 130. The van der Waals surface area contributed by atoms with E-state index in [-0.39, 0.29) is 10.5 Å². The van der Waals surface area contributed by atoms with Crippen molar-refractivity contribution in [1.82, 2.24) is 0 Å². The molecule has 1 atom stereocenters. The highest BCUT2D eigenvalue weighted by molar-refractivity contribution is 8.19. The first-order chi connectivity index (χ1) is 3.43. The molecular formula is C5H6NS. The molecule has 7 heavy (non-hydrogen) atoms. The van der Waals surface area contributed by atoms with Crippen LogP contribution in [0.15, 0.2) is 17.6 Å². The summed E-state index contributed by atoms with van der Waals surface area (Å²) < 4.78 is 0. The van der Waals surface area contributed by atoms with Crippen molar-refractivity contribution in [3.8, 4) is 0 Å². The fourth-order valence-electron chi connectivity index (χ4n) is 0.366. The first kappa shape index (κ1) is 4.81. The summed E-state index contributed by atoms with van der Waals surface area (Å²) in [5, 5.41) is 5.03. The van der Waals surface area contributed by atoms with Crippen LogP contribution in [0.1, 0.15) is 0 Å². The molecule has 0 aromatic heterocycles. The topological polar surface area (TPSA) is 26.0 Å². The molecule has 37 valence electrons. The van der Waals surface area contributed by atoms with Crippen LogP contribution in [-0.4, -0.2) is 5.49 Å². The van der Waals surface area contributed by atoms with Crippen molar-refractivity contribution >= 4 is 16.0 Å². The summed E-state index contributed by atoms with van der Waals surface area (Å²) in [5.41, 5.74) is 6.83. The molecule has 1 aliphatic heterocycles. The number of nitrogens with two attached hydrogens (primary N) is 1. The van der Waals surface area contributed by atoms with Gasteiger partial charge in [-0.2, -0.15) is 0 Å². The van der Waals surface area contributed by atoms with Gasteiger partial charge in [-0.1, -0.05) is 6.08 Å². The van der Waals surface area contributed by atoms with Crippen molar-refractivity contribution in [2.24, 2.45) is 5.73 Å². The number of rotatable bonds is 0. The maximum atomic E-state index is 5.19. The molecule has 1 aliphatic rings. The van der Waals surface area contributed by atoms with Crippen LogP contribution in [0.3, 0.4) is 0 Å². The number of hydrogen-bond donors (Lipinski definition) is 1. The maximum Gasteiger partial charge on any atom is 0.0200 e. The minimum Gasteiger partial charge on any atom is -0.304 e. The smallest absolute Gasteiger partial charge is 0.0200 e. The Morgan fingerprint density at radius 1 is 1.71 bits per heavy atom. The lowest BCUT2D eigenvalue weighted by Gasteiger charge is -1.80. The molecule has 0 saturated heterocycles. The van der Waals surface area contributed by atoms with Crippen LogP contribution < -0.4 is 5.73 Å². The van der Waals surface area contributed by atoms with E-state index in [1.54, 1.807) is 5.49 Å². The lowest BCUT2D eigenvalue weighted by molar-refractivity contribution is 1.92. The first-order valence-corrected chi connectivity index (χ1v) is 3.32. The normalized spacial score (nSPS) is 27.3. The van der Waals surface area contributed by atoms with Crippen molar-refractivity contribution in [3.63, 3.8) is 0 Å². The van der Waals surface area contributed by atoms with Gasteiger partial charge < -0.3 is 5.73 Å². The summed E-state index contributed by atoms with van der Waals surface area (Å²) in [4.78, 5) is 0. The molecule has 0 spiro atoms. The Morgan fingerprint density at radius 3 is 2.86 bits per heavy atom. The van der Waals surface area contributed by atoms with Gasteiger partial charge in [0.2, 0.25) is 0 Å². The van der Waals surface area contributed by atoms with Crippen molar-refractivity contribution in [1.29, 1.82) is 0 Å².